The lowest BCUT2D eigenvalue weighted by molar-refractivity contribution is 0.121. The molecule has 1 aromatic heterocycles. The first-order chi connectivity index (χ1) is 9.11. The molecule has 0 aromatic carbocycles. The molecule has 1 aliphatic rings. The van der Waals surface area contributed by atoms with Gasteiger partial charge in [-0.1, -0.05) is 13.8 Å². The van der Waals surface area contributed by atoms with E-state index in [1.165, 1.54) is 0 Å². The van der Waals surface area contributed by atoms with E-state index in [-0.39, 0.29) is 5.41 Å². The van der Waals surface area contributed by atoms with Crippen LogP contribution >= 0.6 is 0 Å². The first-order valence-corrected chi connectivity index (χ1v) is 6.96. The third kappa shape index (κ3) is 4.18. The summed E-state index contributed by atoms with van der Waals surface area (Å²) in [7, 11) is 0. The van der Waals surface area contributed by atoms with Gasteiger partial charge in [0, 0.05) is 19.5 Å². The van der Waals surface area contributed by atoms with Crippen molar-refractivity contribution in [2.75, 3.05) is 37.7 Å². The van der Waals surface area contributed by atoms with Gasteiger partial charge in [0.15, 0.2) is 0 Å². The number of hydrogen-bond acceptors (Lipinski definition) is 6. The zero-order chi connectivity index (χ0) is 13.7. The summed E-state index contributed by atoms with van der Waals surface area (Å²) in [6.45, 7) is 8.28. The van der Waals surface area contributed by atoms with Crippen molar-refractivity contribution in [3.05, 3.63) is 5.89 Å². The highest BCUT2D eigenvalue weighted by Gasteiger charge is 2.20. The Hall–Kier alpha value is -1.14. The monoisotopic (exact) mass is 268 g/mol. The molecule has 1 fully saturated rings. The summed E-state index contributed by atoms with van der Waals surface area (Å²) < 4.78 is 10.6. The number of rotatable bonds is 6. The van der Waals surface area contributed by atoms with Crippen molar-refractivity contribution in [3.63, 3.8) is 0 Å². The normalized spacial score (nSPS) is 16.9. The minimum atomic E-state index is 0.225. The van der Waals surface area contributed by atoms with Gasteiger partial charge in [0.2, 0.25) is 5.89 Å². The Morgan fingerprint density at radius 2 is 2.00 bits per heavy atom. The molecule has 108 valence electrons. The predicted molar refractivity (Wildman–Crippen MR) is 73.1 cm³/mol. The Kier molecular flexibility index (Phi) is 4.76. The first kappa shape index (κ1) is 14.3. The number of anilines is 1. The standard InChI is InChI=1S/C13H24N4O2/c1-13(2,5-6-14)4-3-11-15-12(16-19-11)17-7-9-18-10-8-17/h3-10,14H2,1-2H3. The highest BCUT2D eigenvalue weighted by atomic mass is 16.5. The molecule has 6 heteroatoms. The molecule has 2 rings (SSSR count). The molecule has 0 bridgehead atoms. The van der Waals surface area contributed by atoms with Gasteiger partial charge in [-0.2, -0.15) is 4.98 Å². The summed E-state index contributed by atoms with van der Waals surface area (Å²) in [5.74, 6) is 1.40. The Bertz CT molecular complexity index is 386. The molecule has 0 unspecified atom stereocenters. The minimum Gasteiger partial charge on any atom is -0.378 e. The van der Waals surface area contributed by atoms with Gasteiger partial charge in [0.1, 0.15) is 0 Å². The van der Waals surface area contributed by atoms with E-state index >= 15 is 0 Å². The zero-order valence-corrected chi connectivity index (χ0v) is 11.9. The third-order valence-electron chi connectivity index (χ3n) is 3.59. The van der Waals surface area contributed by atoms with Gasteiger partial charge in [0.05, 0.1) is 13.2 Å². The van der Waals surface area contributed by atoms with Crippen LogP contribution in [0.15, 0.2) is 4.52 Å². The lowest BCUT2D eigenvalue weighted by Gasteiger charge is -2.24. The molecule has 2 N–H and O–H groups in total. The Labute approximate surface area is 114 Å². The van der Waals surface area contributed by atoms with Gasteiger partial charge < -0.3 is 19.9 Å². The second kappa shape index (κ2) is 6.34. The van der Waals surface area contributed by atoms with Crippen LogP contribution in [0.2, 0.25) is 0 Å². The Morgan fingerprint density at radius 1 is 1.26 bits per heavy atom. The van der Waals surface area contributed by atoms with Crippen molar-refractivity contribution in [1.29, 1.82) is 0 Å². The highest BCUT2D eigenvalue weighted by molar-refractivity contribution is 5.27. The average molecular weight is 268 g/mol. The number of morpholine rings is 1. The van der Waals surface area contributed by atoms with Gasteiger partial charge >= 0.3 is 0 Å². The molecule has 0 saturated carbocycles. The molecular weight excluding hydrogens is 244 g/mol. The van der Waals surface area contributed by atoms with E-state index in [4.69, 9.17) is 15.0 Å². The molecule has 1 aromatic rings. The number of nitrogens with zero attached hydrogens (tertiary/aromatic N) is 3. The molecular formula is C13H24N4O2. The number of nitrogens with two attached hydrogens (primary N) is 1. The van der Waals surface area contributed by atoms with E-state index in [0.717, 1.165) is 52.1 Å². The summed E-state index contributed by atoms with van der Waals surface area (Å²) >= 11 is 0. The summed E-state index contributed by atoms with van der Waals surface area (Å²) in [6.07, 6.45) is 2.83. The zero-order valence-electron chi connectivity index (χ0n) is 11.9. The number of aromatic nitrogens is 2. The maximum absolute atomic E-state index is 5.62. The molecule has 1 saturated heterocycles. The van der Waals surface area contributed by atoms with Crippen LogP contribution in [0.3, 0.4) is 0 Å². The molecule has 0 spiro atoms. The minimum absolute atomic E-state index is 0.225. The molecule has 0 aliphatic carbocycles. The van der Waals surface area contributed by atoms with Crippen LogP contribution in [-0.2, 0) is 11.2 Å². The van der Waals surface area contributed by atoms with E-state index in [1.807, 2.05) is 0 Å². The van der Waals surface area contributed by atoms with Crippen LogP contribution in [0.1, 0.15) is 32.6 Å². The van der Waals surface area contributed by atoms with Gasteiger partial charge in [-0.25, -0.2) is 0 Å². The summed E-state index contributed by atoms with van der Waals surface area (Å²) in [5.41, 5.74) is 5.84. The topological polar surface area (TPSA) is 77.4 Å². The van der Waals surface area contributed by atoms with Gasteiger partial charge in [0.25, 0.3) is 5.95 Å². The molecule has 1 aliphatic heterocycles. The van der Waals surface area contributed by atoms with E-state index in [9.17, 15) is 0 Å². The average Bonchev–Trinajstić information content (AvgIpc) is 2.86. The van der Waals surface area contributed by atoms with E-state index in [1.54, 1.807) is 0 Å². The van der Waals surface area contributed by atoms with Crippen LogP contribution in [0, 0.1) is 5.41 Å². The van der Waals surface area contributed by atoms with Gasteiger partial charge in [-0.3, -0.25) is 0 Å². The van der Waals surface area contributed by atoms with Crippen molar-refractivity contribution in [3.8, 4) is 0 Å². The fraction of sp³-hybridized carbons (Fsp3) is 0.846. The van der Waals surface area contributed by atoms with Crippen LogP contribution in [0.5, 0.6) is 0 Å². The van der Waals surface area contributed by atoms with Crippen molar-refractivity contribution < 1.29 is 9.26 Å². The Morgan fingerprint density at radius 3 is 2.68 bits per heavy atom. The SMILES string of the molecule is CC(C)(CCN)CCc1nc(N2CCOCC2)no1. The van der Waals surface area contributed by atoms with Crippen molar-refractivity contribution >= 4 is 5.95 Å². The maximum atomic E-state index is 5.62. The largest absolute Gasteiger partial charge is 0.378 e. The summed E-state index contributed by atoms with van der Waals surface area (Å²) in [5, 5.41) is 4.05. The molecule has 6 nitrogen and oxygen atoms in total. The molecule has 19 heavy (non-hydrogen) atoms. The first-order valence-electron chi connectivity index (χ1n) is 6.96. The fourth-order valence-electron chi connectivity index (χ4n) is 2.20. The van der Waals surface area contributed by atoms with Crippen LogP contribution < -0.4 is 10.6 Å². The van der Waals surface area contributed by atoms with Crippen LogP contribution in [-0.4, -0.2) is 43.0 Å². The molecule has 0 amide bonds. The summed E-state index contributed by atoms with van der Waals surface area (Å²) in [4.78, 5) is 6.56. The summed E-state index contributed by atoms with van der Waals surface area (Å²) in [6, 6.07) is 0. The van der Waals surface area contributed by atoms with Crippen LogP contribution in [0.25, 0.3) is 0 Å². The number of ether oxygens (including phenoxy) is 1. The maximum Gasteiger partial charge on any atom is 0.266 e. The second-order valence-corrected chi connectivity index (χ2v) is 5.79. The third-order valence-corrected chi connectivity index (χ3v) is 3.59. The number of aryl methyl sites for hydroxylation is 1. The quantitative estimate of drug-likeness (QED) is 0.835. The molecule has 0 atom stereocenters. The number of hydrogen-bond donors (Lipinski definition) is 1. The van der Waals surface area contributed by atoms with Crippen LogP contribution in [0.4, 0.5) is 5.95 Å². The van der Waals surface area contributed by atoms with Crippen molar-refractivity contribution in [1.82, 2.24) is 10.1 Å². The van der Waals surface area contributed by atoms with E-state index in [2.05, 4.69) is 28.9 Å². The smallest absolute Gasteiger partial charge is 0.266 e. The lowest BCUT2D eigenvalue weighted by Crippen LogP contribution is -2.36. The molecule has 0 radical (unpaired) electrons. The van der Waals surface area contributed by atoms with Gasteiger partial charge in [-0.15, -0.1) is 0 Å². The van der Waals surface area contributed by atoms with Crippen molar-refractivity contribution in [2.45, 2.75) is 33.1 Å². The predicted octanol–water partition coefficient (Wildman–Crippen LogP) is 1.21. The highest BCUT2D eigenvalue weighted by Crippen LogP contribution is 2.26. The van der Waals surface area contributed by atoms with E-state index in [0.29, 0.717) is 11.8 Å². The second-order valence-electron chi connectivity index (χ2n) is 5.79. The fourth-order valence-corrected chi connectivity index (χ4v) is 2.20. The Balaban J connectivity index is 1.86. The van der Waals surface area contributed by atoms with E-state index < -0.39 is 0 Å². The van der Waals surface area contributed by atoms with Gasteiger partial charge in [-0.05, 0) is 30.0 Å². The lowest BCUT2D eigenvalue weighted by atomic mass is 9.84. The van der Waals surface area contributed by atoms with Crippen molar-refractivity contribution in [2.24, 2.45) is 11.1 Å². The molecule has 2 heterocycles.